The molecule has 1 aromatic heterocycles. The Morgan fingerprint density at radius 3 is 2.56 bits per heavy atom. The fourth-order valence-electron chi connectivity index (χ4n) is 1.12. The Morgan fingerprint density at radius 2 is 2.00 bits per heavy atom. The van der Waals surface area contributed by atoms with E-state index in [9.17, 15) is 9.59 Å². The van der Waals surface area contributed by atoms with Crippen molar-refractivity contribution in [2.24, 2.45) is 0 Å². The van der Waals surface area contributed by atoms with E-state index in [2.05, 4.69) is 15.5 Å². The number of nitrogens with zero attached hydrogens (tertiary/aromatic N) is 2. The third kappa shape index (κ3) is 2.75. The van der Waals surface area contributed by atoms with Gasteiger partial charge in [-0.15, -0.1) is 0 Å². The van der Waals surface area contributed by atoms with Crippen LogP contribution in [0, 0.1) is 13.8 Å². The molecule has 86 valence electrons. The summed E-state index contributed by atoms with van der Waals surface area (Å²) in [6.45, 7) is 4.76. The highest BCUT2D eigenvalue weighted by atomic mass is 16.4. The fourth-order valence-corrected chi connectivity index (χ4v) is 1.12. The minimum atomic E-state index is -1.08. The predicted molar refractivity (Wildman–Crippen MR) is 56.1 cm³/mol. The standard InChI is InChI=1S/C10H13N3O3/c1-5-4-8(6(2)13-12-5)9(14)11-7(3)10(15)16/h4,7H,1-3H3,(H,11,14)(H,15,16)/t7-/m1/s1. The molecule has 0 spiro atoms. The Balaban J connectivity index is 2.88. The molecule has 1 aromatic rings. The van der Waals surface area contributed by atoms with Gasteiger partial charge in [0.25, 0.3) is 5.91 Å². The van der Waals surface area contributed by atoms with Gasteiger partial charge in [0.15, 0.2) is 0 Å². The summed E-state index contributed by atoms with van der Waals surface area (Å²) in [5, 5.41) is 18.6. The lowest BCUT2D eigenvalue weighted by atomic mass is 10.2. The summed E-state index contributed by atoms with van der Waals surface area (Å²) in [6.07, 6.45) is 0. The molecule has 0 aliphatic heterocycles. The lowest BCUT2D eigenvalue weighted by molar-refractivity contribution is -0.138. The molecule has 1 rings (SSSR count). The van der Waals surface area contributed by atoms with Gasteiger partial charge in [-0.2, -0.15) is 10.2 Å². The van der Waals surface area contributed by atoms with Crippen molar-refractivity contribution >= 4 is 11.9 Å². The first-order chi connectivity index (χ1) is 7.41. The topological polar surface area (TPSA) is 92.2 Å². The first-order valence-corrected chi connectivity index (χ1v) is 4.76. The van der Waals surface area contributed by atoms with E-state index in [0.29, 0.717) is 17.0 Å². The third-order valence-electron chi connectivity index (χ3n) is 2.06. The molecule has 16 heavy (non-hydrogen) atoms. The molecule has 0 aliphatic carbocycles. The molecule has 0 bridgehead atoms. The molecule has 6 nitrogen and oxygen atoms in total. The van der Waals surface area contributed by atoms with Crippen LogP contribution in [0.15, 0.2) is 6.07 Å². The maximum Gasteiger partial charge on any atom is 0.325 e. The van der Waals surface area contributed by atoms with Crippen LogP contribution in [0.2, 0.25) is 0 Å². The quantitative estimate of drug-likeness (QED) is 0.768. The van der Waals surface area contributed by atoms with E-state index in [0.717, 1.165) is 0 Å². The maximum atomic E-state index is 11.7. The van der Waals surface area contributed by atoms with Crippen LogP contribution in [0.1, 0.15) is 28.7 Å². The molecular formula is C10H13N3O3. The average molecular weight is 223 g/mol. The van der Waals surface area contributed by atoms with Gasteiger partial charge < -0.3 is 10.4 Å². The summed E-state index contributed by atoms with van der Waals surface area (Å²) in [4.78, 5) is 22.3. The monoisotopic (exact) mass is 223 g/mol. The second-order valence-electron chi connectivity index (χ2n) is 3.52. The SMILES string of the molecule is Cc1cc(C(=O)N[C@H](C)C(=O)O)c(C)nn1. The molecule has 6 heteroatoms. The Labute approximate surface area is 92.7 Å². The molecule has 0 saturated carbocycles. The summed E-state index contributed by atoms with van der Waals surface area (Å²) in [7, 11) is 0. The van der Waals surface area contributed by atoms with Gasteiger partial charge in [-0.1, -0.05) is 0 Å². The minimum absolute atomic E-state index is 0.348. The van der Waals surface area contributed by atoms with Crippen LogP contribution >= 0.6 is 0 Å². The largest absolute Gasteiger partial charge is 0.480 e. The van der Waals surface area contributed by atoms with Crippen molar-refractivity contribution in [1.29, 1.82) is 0 Å². The molecule has 1 atom stereocenters. The van der Waals surface area contributed by atoms with Crippen molar-refractivity contribution in [3.63, 3.8) is 0 Å². The smallest absolute Gasteiger partial charge is 0.325 e. The molecule has 0 unspecified atom stereocenters. The number of carbonyl (C=O) groups is 2. The Hall–Kier alpha value is -1.98. The van der Waals surface area contributed by atoms with E-state index in [1.807, 2.05) is 0 Å². The van der Waals surface area contributed by atoms with Crippen LogP contribution in [0.5, 0.6) is 0 Å². The van der Waals surface area contributed by atoms with Gasteiger partial charge in [0.05, 0.1) is 17.0 Å². The number of amides is 1. The summed E-state index contributed by atoms with van der Waals surface area (Å²) < 4.78 is 0. The highest BCUT2D eigenvalue weighted by Crippen LogP contribution is 2.05. The lowest BCUT2D eigenvalue weighted by Crippen LogP contribution is -2.38. The van der Waals surface area contributed by atoms with Crippen LogP contribution < -0.4 is 5.32 Å². The first-order valence-electron chi connectivity index (χ1n) is 4.76. The molecule has 0 aliphatic rings. The number of aromatic nitrogens is 2. The number of carboxylic acids is 1. The predicted octanol–water partition coefficient (Wildman–Crippen LogP) is 0.296. The highest BCUT2D eigenvalue weighted by molar-refractivity contribution is 5.97. The van der Waals surface area contributed by atoms with E-state index in [1.165, 1.54) is 6.92 Å². The van der Waals surface area contributed by atoms with E-state index < -0.39 is 17.9 Å². The zero-order valence-corrected chi connectivity index (χ0v) is 9.31. The number of rotatable bonds is 3. The van der Waals surface area contributed by atoms with Crippen LogP contribution in [0.4, 0.5) is 0 Å². The second-order valence-corrected chi connectivity index (χ2v) is 3.52. The number of aliphatic carboxylic acids is 1. The van der Waals surface area contributed by atoms with Gasteiger partial charge >= 0.3 is 5.97 Å². The fraction of sp³-hybridized carbons (Fsp3) is 0.400. The number of hydrogen-bond donors (Lipinski definition) is 2. The van der Waals surface area contributed by atoms with Gasteiger partial charge in [-0.25, -0.2) is 0 Å². The molecule has 0 radical (unpaired) electrons. The number of hydrogen-bond acceptors (Lipinski definition) is 4. The maximum absolute atomic E-state index is 11.7. The highest BCUT2D eigenvalue weighted by Gasteiger charge is 2.17. The van der Waals surface area contributed by atoms with E-state index in [4.69, 9.17) is 5.11 Å². The third-order valence-corrected chi connectivity index (χ3v) is 2.06. The Kier molecular flexibility index (Phi) is 3.55. The summed E-state index contributed by atoms with van der Waals surface area (Å²) in [5.41, 5.74) is 1.43. The van der Waals surface area contributed by atoms with Gasteiger partial charge in [-0.3, -0.25) is 9.59 Å². The summed E-state index contributed by atoms with van der Waals surface area (Å²) >= 11 is 0. The summed E-state index contributed by atoms with van der Waals surface area (Å²) in [6, 6.07) is 0.645. The van der Waals surface area contributed by atoms with E-state index >= 15 is 0 Å². The van der Waals surface area contributed by atoms with E-state index in [-0.39, 0.29) is 0 Å². The molecule has 1 amide bonds. The molecule has 2 N–H and O–H groups in total. The van der Waals surface area contributed by atoms with Gasteiger partial charge in [0, 0.05) is 0 Å². The van der Waals surface area contributed by atoms with Crippen molar-refractivity contribution in [3.8, 4) is 0 Å². The van der Waals surface area contributed by atoms with Crippen molar-refractivity contribution in [2.75, 3.05) is 0 Å². The molecule has 0 aromatic carbocycles. The molecule has 1 heterocycles. The Bertz CT molecular complexity index is 431. The van der Waals surface area contributed by atoms with Crippen molar-refractivity contribution in [1.82, 2.24) is 15.5 Å². The van der Waals surface area contributed by atoms with Crippen LogP contribution in [-0.2, 0) is 4.79 Å². The van der Waals surface area contributed by atoms with Crippen LogP contribution in [0.3, 0.4) is 0 Å². The molecular weight excluding hydrogens is 210 g/mol. The lowest BCUT2D eigenvalue weighted by Gasteiger charge is -2.10. The number of carbonyl (C=O) groups excluding carboxylic acids is 1. The van der Waals surface area contributed by atoms with Crippen LogP contribution in [0.25, 0.3) is 0 Å². The normalized spacial score (nSPS) is 11.9. The van der Waals surface area contributed by atoms with Gasteiger partial charge in [-0.05, 0) is 26.8 Å². The Morgan fingerprint density at radius 1 is 1.38 bits per heavy atom. The van der Waals surface area contributed by atoms with Crippen molar-refractivity contribution < 1.29 is 14.7 Å². The first kappa shape index (κ1) is 12.1. The minimum Gasteiger partial charge on any atom is -0.480 e. The second kappa shape index (κ2) is 4.69. The summed E-state index contributed by atoms with van der Waals surface area (Å²) in [5.74, 6) is -1.53. The number of aryl methyl sites for hydroxylation is 2. The van der Waals surface area contributed by atoms with E-state index in [1.54, 1.807) is 19.9 Å². The number of carboxylic acid groups (broad SMARTS) is 1. The van der Waals surface area contributed by atoms with Gasteiger partial charge in [0.1, 0.15) is 6.04 Å². The number of nitrogens with one attached hydrogen (secondary N) is 1. The van der Waals surface area contributed by atoms with Crippen molar-refractivity contribution in [3.05, 3.63) is 23.0 Å². The van der Waals surface area contributed by atoms with Crippen LogP contribution in [-0.4, -0.2) is 33.2 Å². The zero-order valence-electron chi connectivity index (χ0n) is 9.31. The molecule has 0 fully saturated rings. The van der Waals surface area contributed by atoms with Gasteiger partial charge in [0.2, 0.25) is 0 Å². The van der Waals surface area contributed by atoms with Crippen molar-refractivity contribution in [2.45, 2.75) is 26.8 Å². The zero-order chi connectivity index (χ0) is 12.3. The average Bonchev–Trinajstić information content (AvgIpc) is 2.21. The molecule has 0 saturated heterocycles.